The van der Waals surface area contributed by atoms with Crippen molar-refractivity contribution in [2.24, 2.45) is 4.99 Å². The number of thioether (sulfide) groups is 1. The molecule has 1 aromatic carbocycles. The second-order valence-corrected chi connectivity index (χ2v) is 4.28. The second kappa shape index (κ2) is 4.44. The van der Waals surface area contributed by atoms with Gasteiger partial charge in [-0.15, -0.1) is 0 Å². The number of carbonyl (C=O) groups is 1. The topological polar surface area (TPSA) is 81.9 Å². The number of aliphatic imine (C=N–C) groups is 1. The number of hydrogen-bond acceptors (Lipinski definition) is 5. The second-order valence-electron chi connectivity index (χ2n) is 3.20. The summed E-state index contributed by atoms with van der Waals surface area (Å²) >= 11 is 1.58. The monoisotopic (exact) mass is 238 g/mol. The van der Waals surface area contributed by atoms with Gasteiger partial charge in [0.25, 0.3) is 0 Å². The first-order valence-electron chi connectivity index (χ1n) is 4.67. The Hall–Kier alpha value is -1.69. The van der Waals surface area contributed by atoms with E-state index in [0.717, 1.165) is 17.5 Å². The summed E-state index contributed by atoms with van der Waals surface area (Å²) in [5.74, 6) is -0.451. The molecule has 0 spiro atoms. The van der Waals surface area contributed by atoms with Crippen molar-refractivity contribution in [2.45, 2.75) is 0 Å². The van der Waals surface area contributed by atoms with Gasteiger partial charge in [-0.2, -0.15) is 0 Å². The van der Waals surface area contributed by atoms with Gasteiger partial charge in [0.15, 0.2) is 5.17 Å². The fourth-order valence-corrected chi connectivity index (χ4v) is 2.07. The number of nitrogens with one attached hydrogen (secondary N) is 1. The number of phenols is 1. The lowest BCUT2D eigenvalue weighted by molar-refractivity contribution is 0.0694. The molecule has 16 heavy (non-hydrogen) atoms. The molecule has 0 unspecified atom stereocenters. The molecule has 0 fully saturated rings. The quantitative estimate of drug-likeness (QED) is 0.682. The summed E-state index contributed by atoms with van der Waals surface area (Å²) in [6.45, 7) is 0.775. The van der Waals surface area contributed by atoms with Crippen molar-refractivity contribution in [3.63, 3.8) is 0 Å². The van der Waals surface area contributed by atoms with Crippen LogP contribution in [0.4, 0.5) is 5.69 Å². The van der Waals surface area contributed by atoms with Crippen LogP contribution in [-0.4, -0.2) is 33.6 Å². The number of aromatic carboxylic acids is 1. The lowest BCUT2D eigenvalue weighted by atomic mass is 10.2. The Bertz CT molecular complexity index is 459. The molecule has 0 bridgehead atoms. The minimum atomic E-state index is -1.15. The number of rotatable bonds is 2. The van der Waals surface area contributed by atoms with Gasteiger partial charge in [0, 0.05) is 11.4 Å². The molecule has 0 radical (unpaired) electrons. The van der Waals surface area contributed by atoms with E-state index in [2.05, 4.69) is 10.3 Å². The number of carboxylic acids is 1. The highest BCUT2D eigenvalue weighted by atomic mass is 32.2. The van der Waals surface area contributed by atoms with Gasteiger partial charge in [0.05, 0.1) is 6.54 Å². The van der Waals surface area contributed by atoms with Crippen molar-refractivity contribution >= 4 is 28.6 Å². The van der Waals surface area contributed by atoms with Crippen LogP contribution in [0.1, 0.15) is 10.4 Å². The van der Waals surface area contributed by atoms with Crippen molar-refractivity contribution in [1.82, 2.24) is 0 Å². The maximum atomic E-state index is 10.8. The maximum absolute atomic E-state index is 10.8. The van der Waals surface area contributed by atoms with Crippen LogP contribution in [0.15, 0.2) is 23.2 Å². The van der Waals surface area contributed by atoms with Crippen LogP contribution >= 0.6 is 11.8 Å². The highest BCUT2D eigenvalue weighted by Gasteiger charge is 2.12. The number of hydrogen-bond donors (Lipinski definition) is 3. The van der Waals surface area contributed by atoms with Crippen LogP contribution in [0.2, 0.25) is 0 Å². The third kappa shape index (κ3) is 2.27. The molecule has 2 rings (SSSR count). The highest BCUT2D eigenvalue weighted by molar-refractivity contribution is 8.14. The SMILES string of the molecule is O=C(O)c1cc(NC2=NCCS2)ccc1O. The third-order valence-corrected chi connectivity index (χ3v) is 2.96. The lowest BCUT2D eigenvalue weighted by Gasteiger charge is -2.06. The molecule has 6 heteroatoms. The number of anilines is 1. The van der Waals surface area contributed by atoms with E-state index >= 15 is 0 Å². The summed E-state index contributed by atoms with van der Waals surface area (Å²) in [5, 5.41) is 21.9. The normalized spacial score (nSPS) is 14.6. The molecule has 1 aliphatic rings. The number of aromatic hydroxyl groups is 1. The summed E-state index contributed by atoms with van der Waals surface area (Å²) in [6, 6.07) is 4.36. The van der Waals surface area contributed by atoms with Gasteiger partial charge >= 0.3 is 5.97 Å². The largest absolute Gasteiger partial charge is 0.507 e. The molecule has 0 atom stereocenters. The number of nitrogens with zero attached hydrogens (tertiary/aromatic N) is 1. The van der Waals surface area contributed by atoms with Gasteiger partial charge < -0.3 is 15.5 Å². The predicted molar refractivity (Wildman–Crippen MR) is 63.4 cm³/mol. The van der Waals surface area contributed by atoms with Crippen molar-refractivity contribution in [1.29, 1.82) is 0 Å². The van der Waals surface area contributed by atoms with E-state index in [-0.39, 0.29) is 11.3 Å². The molecule has 3 N–H and O–H groups in total. The average molecular weight is 238 g/mol. The minimum absolute atomic E-state index is 0.117. The van der Waals surface area contributed by atoms with Gasteiger partial charge in [-0.1, -0.05) is 11.8 Å². The third-order valence-electron chi connectivity index (χ3n) is 2.06. The fraction of sp³-hybridized carbons (Fsp3) is 0.200. The predicted octanol–water partition coefficient (Wildman–Crippen LogP) is 1.61. The zero-order chi connectivity index (χ0) is 11.5. The summed E-state index contributed by atoms with van der Waals surface area (Å²) in [6.07, 6.45) is 0. The molecule has 1 aromatic rings. The molecule has 0 amide bonds. The van der Waals surface area contributed by atoms with Crippen LogP contribution in [0.25, 0.3) is 0 Å². The Morgan fingerprint density at radius 2 is 2.31 bits per heavy atom. The van der Waals surface area contributed by atoms with Gasteiger partial charge in [0.1, 0.15) is 11.3 Å². The van der Waals surface area contributed by atoms with E-state index in [1.165, 1.54) is 12.1 Å². The summed E-state index contributed by atoms with van der Waals surface area (Å²) in [4.78, 5) is 15.0. The standard InChI is InChI=1S/C10H10N2O3S/c13-8-2-1-6(5-7(8)9(14)15)12-10-11-3-4-16-10/h1-2,5,13H,3-4H2,(H,11,12)(H,14,15). The Morgan fingerprint density at radius 3 is 2.94 bits per heavy atom. The van der Waals surface area contributed by atoms with Gasteiger partial charge in [0.2, 0.25) is 0 Å². The molecule has 84 valence electrons. The lowest BCUT2D eigenvalue weighted by Crippen LogP contribution is -2.06. The van der Waals surface area contributed by atoms with Crippen molar-refractivity contribution in [2.75, 3.05) is 17.6 Å². The summed E-state index contributed by atoms with van der Waals surface area (Å²) in [5.41, 5.74) is 0.497. The minimum Gasteiger partial charge on any atom is -0.507 e. The van der Waals surface area contributed by atoms with E-state index in [1.54, 1.807) is 17.8 Å². The molecule has 0 saturated heterocycles. The van der Waals surface area contributed by atoms with E-state index in [9.17, 15) is 9.90 Å². The molecular weight excluding hydrogens is 228 g/mol. The molecule has 0 saturated carbocycles. The van der Waals surface area contributed by atoms with Crippen LogP contribution in [-0.2, 0) is 0 Å². The zero-order valence-corrected chi connectivity index (χ0v) is 9.12. The van der Waals surface area contributed by atoms with E-state index in [0.29, 0.717) is 5.69 Å². The average Bonchev–Trinajstić information content (AvgIpc) is 2.73. The Balaban J connectivity index is 2.22. The van der Waals surface area contributed by atoms with E-state index in [1.807, 2.05) is 0 Å². The first kappa shape index (κ1) is 10.8. The Kier molecular flexibility index (Phi) is 3.00. The fourth-order valence-electron chi connectivity index (χ4n) is 1.32. The van der Waals surface area contributed by atoms with Crippen LogP contribution < -0.4 is 5.32 Å². The molecular formula is C10H10N2O3S. The highest BCUT2D eigenvalue weighted by Crippen LogP contribution is 2.23. The van der Waals surface area contributed by atoms with Crippen LogP contribution in [0.3, 0.4) is 0 Å². The molecule has 1 aliphatic heterocycles. The molecule has 1 heterocycles. The maximum Gasteiger partial charge on any atom is 0.339 e. The van der Waals surface area contributed by atoms with Crippen molar-refractivity contribution in [3.8, 4) is 5.75 Å². The van der Waals surface area contributed by atoms with Gasteiger partial charge in [-0.3, -0.25) is 4.99 Å². The number of amidine groups is 1. The molecule has 0 aromatic heterocycles. The van der Waals surface area contributed by atoms with Gasteiger partial charge in [-0.25, -0.2) is 4.79 Å². The van der Waals surface area contributed by atoms with Crippen molar-refractivity contribution < 1.29 is 15.0 Å². The molecule has 5 nitrogen and oxygen atoms in total. The number of carboxylic acid groups (broad SMARTS) is 1. The Morgan fingerprint density at radius 1 is 1.50 bits per heavy atom. The number of benzene rings is 1. The van der Waals surface area contributed by atoms with Crippen molar-refractivity contribution in [3.05, 3.63) is 23.8 Å². The zero-order valence-electron chi connectivity index (χ0n) is 8.30. The first-order valence-corrected chi connectivity index (χ1v) is 5.66. The first-order chi connectivity index (χ1) is 7.66. The Labute approximate surface area is 96.2 Å². The summed E-state index contributed by atoms with van der Waals surface area (Å²) < 4.78 is 0. The van der Waals surface area contributed by atoms with Crippen LogP contribution in [0, 0.1) is 0 Å². The smallest absolute Gasteiger partial charge is 0.339 e. The van der Waals surface area contributed by atoms with E-state index < -0.39 is 5.97 Å². The van der Waals surface area contributed by atoms with Gasteiger partial charge in [-0.05, 0) is 18.2 Å². The summed E-state index contributed by atoms with van der Waals surface area (Å²) in [7, 11) is 0. The van der Waals surface area contributed by atoms with Crippen LogP contribution in [0.5, 0.6) is 5.75 Å². The van der Waals surface area contributed by atoms with E-state index in [4.69, 9.17) is 5.11 Å². The molecule has 0 aliphatic carbocycles.